The van der Waals surface area contributed by atoms with E-state index >= 15 is 0 Å². The van der Waals surface area contributed by atoms with Gasteiger partial charge in [0.15, 0.2) is 0 Å². The minimum atomic E-state index is 0. The van der Waals surface area contributed by atoms with E-state index in [4.69, 9.17) is 9.40 Å². The summed E-state index contributed by atoms with van der Waals surface area (Å²) in [5.41, 5.74) is 12.2. The minimum Gasteiger partial charge on any atom is -0.499 e. The summed E-state index contributed by atoms with van der Waals surface area (Å²) in [4.78, 5) is 9.20. The molecule has 0 saturated heterocycles. The third-order valence-electron chi connectivity index (χ3n) is 8.39. The van der Waals surface area contributed by atoms with Crippen molar-refractivity contribution in [1.82, 2.24) is 9.97 Å². The summed E-state index contributed by atoms with van der Waals surface area (Å²) in [7, 11) is 0. The van der Waals surface area contributed by atoms with E-state index in [1.807, 2.05) is 48.5 Å². The normalized spacial score (nSPS) is 11.4. The molecule has 0 aliphatic carbocycles. The van der Waals surface area contributed by atoms with Gasteiger partial charge in [-0.3, -0.25) is 0 Å². The average Bonchev–Trinajstić information content (AvgIpc) is 3.71. The van der Waals surface area contributed by atoms with E-state index in [0.29, 0.717) is 0 Å². The number of pyridine rings is 2. The van der Waals surface area contributed by atoms with Crippen LogP contribution < -0.4 is 0 Å². The van der Waals surface area contributed by atoms with Crippen molar-refractivity contribution in [3.05, 3.63) is 144 Å². The van der Waals surface area contributed by atoms with Gasteiger partial charge >= 0.3 is 0 Å². The Morgan fingerprint density at radius 3 is 2.27 bits per heavy atom. The van der Waals surface area contributed by atoms with E-state index in [1.54, 1.807) is 17.5 Å². The fourth-order valence-corrected chi connectivity index (χ4v) is 7.19. The molecule has 4 heterocycles. The molecule has 8 aromatic rings. The predicted octanol–water partition coefficient (Wildman–Crippen LogP) is 12.1. The van der Waals surface area contributed by atoms with Crippen LogP contribution >= 0.6 is 11.3 Å². The molecule has 0 N–H and O–H groups in total. The topological polar surface area (TPSA) is 38.9 Å². The van der Waals surface area contributed by atoms with Crippen LogP contribution in [0, 0.1) is 31.4 Å². The van der Waals surface area contributed by atoms with Crippen molar-refractivity contribution in [2.75, 3.05) is 0 Å². The molecule has 4 aromatic heterocycles. The Bertz CT molecular complexity index is 2280. The summed E-state index contributed by atoms with van der Waals surface area (Å²) < 4.78 is 7.73. The molecule has 0 atom stereocenters. The maximum absolute atomic E-state index is 6.54. The van der Waals surface area contributed by atoms with Crippen LogP contribution in [0.25, 0.3) is 65.7 Å². The molecule has 0 aliphatic rings. The van der Waals surface area contributed by atoms with Gasteiger partial charge in [-0.1, -0.05) is 80.3 Å². The number of fused-ring (bicyclic) bond motifs is 5. The SMILES string of the molecule is Cc1cccc(C)c1-c1cnc(-c2[c-]ccc3c2oc2c3ccc3ccsc32)cc1CC(C)(C)C.[Ir].[c-]1ccccc1-c1ccccn1. The Morgan fingerprint density at radius 1 is 0.750 bits per heavy atom. The molecule has 48 heavy (non-hydrogen) atoms. The molecule has 0 spiro atoms. The van der Waals surface area contributed by atoms with E-state index < -0.39 is 0 Å². The molecule has 4 aromatic carbocycles. The largest absolute Gasteiger partial charge is 0.499 e. The number of furan rings is 1. The Labute approximate surface area is 300 Å². The van der Waals surface area contributed by atoms with Gasteiger partial charge in [0.25, 0.3) is 0 Å². The Morgan fingerprint density at radius 2 is 1.54 bits per heavy atom. The second-order valence-corrected chi connectivity index (χ2v) is 14.1. The van der Waals surface area contributed by atoms with Gasteiger partial charge in [0.1, 0.15) is 5.58 Å². The van der Waals surface area contributed by atoms with Gasteiger partial charge in [0, 0.05) is 43.4 Å². The van der Waals surface area contributed by atoms with Gasteiger partial charge in [-0.25, -0.2) is 0 Å². The summed E-state index contributed by atoms with van der Waals surface area (Å²) in [5.74, 6) is 0. The van der Waals surface area contributed by atoms with E-state index in [9.17, 15) is 0 Å². The molecule has 0 amide bonds. The maximum atomic E-state index is 6.54. The smallest absolute Gasteiger partial charge is 0.138 e. The van der Waals surface area contributed by atoms with Crippen molar-refractivity contribution in [3.63, 3.8) is 0 Å². The third-order valence-corrected chi connectivity index (χ3v) is 9.32. The minimum absolute atomic E-state index is 0. The van der Waals surface area contributed by atoms with Gasteiger partial charge in [-0.2, -0.15) is 0 Å². The number of aromatic nitrogens is 2. The molecule has 0 unspecified atom stereocenters. The first-order valence-electron chi connectivity index (χ1n) is 15.9. The van der Waals surface area contributed by atoms with Gasteiger partial charge in [0.2, 0.25) is 0 Å². The second-order valence-electron chi connectivity index (χ2n) is 13.2. The molecule has 0 fully saturated rings. The first kappa shape index (κ1) is 33.5. The molecular weight excluding hydrogens is 785 g/mol. The Hall–Kier alpha value is -4.41. The monoisotopic (exact) mass is 821 g/mol. The first-order chi connectivity index (χ1) is 22.8. The zero-order valence-electron chi connectivity index (χ0n) is 27.7. The van der Waals surface area contributed by atoms with E-state index in [1.165, 1.54) is 37.9 Å². The molecular formula is C43H36IrN2OS-2. The van der Waals surface area contributed by atoms with Crippen LogP contribution in [0.1, 0.15) is 37.5 Å². The van der Waals surface area contributed by atoms with E-state index in [-0.39, 0.29) is 25.5 Å². The van der Waals surface area contributed by atoms with Gasteiger partial charge in [-0.05, 0) is 82.2 Å². The number of thiophene rings is 1. The molecule has 0 bridgehead atoms. The zero-order valence-corrected chi connectivity index (χ0v) is 30.9. The number of rotatable bonds is 4. The molecule has 5 heteroatoms. The van der Waals surface area contributed by atoms with Crippen LogP contribution in [0.15, 0.2) is 119 Å². The van der Waals surface area contributed by atoms with Crippen LogP contribution in [0.4, 0.5) is 0 Å². The molecule has 0 aliphatic heterocycles. The number of hydrogen-bond donors (Lipinski definition) is 0. The predicted molar refractivity (Wildman–Crippen MR) is 198 cm³/mol. The quantitative estimate of drug-likeness (QED) is 0.166. The van der Waals surface area contributed by atoms with Gasteiger partial charge < -0.3 is 14.4 Å². The fraction of sp³-hybridized carbons (Fsp3) is 0.163. The summed E-state index contributed by atoms with van der Waals surface area (Å²) in [5, 5.41) is 5.60. The molecule has 1 radical (unpaired) electrons. The summed E-state index contributed by atoms with van der Waals surface area (Å²) in [6.07, 6.45) is 4.80. The van der Waals surface area contributed by atoms with Crippen molar-refractivity contribution >= 4 is 43.4 Å². The fourth-order valence-electron chi connectivity index (χ4n) is 6.30. The van der Waals surface area contributed by atoms with E-state index in [2.05, 4.69) is 112 Å². The molecule has 3 nitrogen and oxygen atoms in total. The average molecular weight is 821 g/mol. The van der Waals surface area contributed by atoms with Crippen molar-refractivity contribution < 1.29 is 24.5 Å². The number of aryl methyl sites for hydroxylation is 2. The van der Waals surface area contributed by atoms with E-state index in [0.717, 1.165) is 50.9 Å². The van der Waals surface area contributed by atoms with Crippen LogP contribution in [-0.4, -0.2) is 9.97 Å². The summed E-state index contributed by atoms with van der Waals surface area (Å²) >= 11 is 1.73. The summed E-state index contributed by atoms with van der Waals surface area (Å²) in [6.45, 7) is 11.2. The number of nitrogens with zero attached hydrogens (tertiary/aromatic N) is 2. The van der Waals surface area contributed by atoms with Crippen molar-refractivity contribution in [2.24, 2.45) is 5.41 Å². The Balaban J connectivity index is 0.000000260. The summed E-state index contributed by atoms with van der Waals surface area (Å²) in [6, 6.07) is 39.6. The van der Waals surface area contributed by atoms with Gasteiger partial charge in [-0.15, -0.1) is 65.4 Å². The standard InChI is InChI=1S/C32H28NOS.C11H8N.Ir/c1-19-8-6-9-20(2)28(19)26-18-33-27(16-22(26)17-32(3,4)5)25-11-7-10-23-24-13-12-21-14-15-35-31(21)30(24)34-29(23)25;1-2-6-10(7-3-1)11-8-4-5-9-12-11;/h6-10,12-16,18H,17H2,1-5H3;1-6,8-9H;/q2*-1;. The molecule has 241 valence electrons. The third kappa shape index (κ3) is 6.77. The van der Waals surface area contributed by atoms with Crippen LogP contribution in [0.2, 0.25) is 0 Å². The molecule has 8 rings (SSSR count). The zero-order chi connectivity index (χ0) is 32.5. The molecule has 0 saturated carbocycles. The Kier molecular flexibility index (Phi) is 9.75. The van der Waals surface area contributed by atoms with Crippen molar-refractivity contribution in [2.45, 2.75) is 41.0 Å². The van der Waals surface area contributed by atoms with Crippen LogP contribution in [-0.2, 0) is 26.5 Å². The van der Waals surface area contributed by atoms with Crippen molar-refractivity contribution in [3.8, 4) is 33.6 Å². The maximum Gasteiger partial charge on any atom is 0.138 e. The first-order valence-corrected chi connectivity index (χ1v) is 16.8. The second kappa shape index (κ2) is 14.0. The van der Waals surface area contributed by atoms with Crippen LogP contribution in [0.3, 0.4) is 0 Å². The number of hydrogen-bond acceptors (Lipinski definition) is 4. The van der Waals surface area contributed by atoms with Crippen LogP contribution in [0.5, 0.6) is 0 Å². The van der Waals surface area contributed by atoms with Crippen molar-refractivity contribution in [1.29, 1.82) is 0 Å². The number of benzene rings is 4. The van der Waals surface area contributed by atoms with Gasteiger partial charge in [0.05, 0.1) is 10.3 Å².